The fourth-order valence-electron chi connectivity index (χ4n) is 6.79. The molecule has 8 nitrogen and oxygen atoms in total. The normalized spacial score (nSPS) is 14.7. The van der Waals surface area contributed by atoms with Gasteiger partial charge >= 0.3 is 0 Å². The van der Waals surface area contributed by atoms with Crippen LogP contribution < -0.4 is 10.2 Å². The molecule has 9 heteroatoms. The summed E-state index contributed by atoms with van der Waals surface area (Å²) < 4.78 is 23.3. The van der Waals surface area contributed by atoms with Crippen LogP contribution in [0.5, 0.6) is 0 Å². The Bertz CT molecular complexity index is 1160. The van der Waals surface area contributed by atoms with E-state index in [1.807, 2.05) is 21.1 Å². The first-order valence-electron chi connectivity index (χ1n) is 24.6. The van der Waals surface area contributed by atoms with Crippen molar-refractivity contribution in [1.29, 1.82) is 0 Å². The van der Waals surface area contributed by atoms with Gasteiger partial charge in [0.25, 0.3) is 7.82 Å². The number of nitrogens with zero attached hydrogens (tertiary/aromatic N) is 1. The summed E-state index contributed by atoms with van der Waals surface area (Å²) in [5.41, 5.74) is 0. The first-order valence-corrected chi connectivity index (χ1v) is 26.1. The van der Waals surface area contributed by atoms with Crippen LogP contribution in [0.1, 0.15) is 206 Å². The number of allylic oxidation sites excluding steroid dienone is 10. The van der Waals surface area contributed by atoms with E-state index in [1.165, 1.54) is 122 Å². The van der Waals surface area contributed by atoms with Gasteiger partial charge in [0.2, 0.25) is 5.91 Å². The SMILES string of the molecule is CCCCCCCCC/C=C/C/C=C/C/C=C/C/C=C/CCCC(=O)N[C@@H](COP(=O)([O-])OCC[N+](C)(C)C)[C@H](O)CCCC/C=C/CCCCCCCCCCCCC. The summed E-state index contributed by atoms with van der Waals surface area (Å²) in [6.45, 7) is 4.65. The standard InChI is InChI=1S/C51H95N2O6P/c1-6-8-10-12-14-16-18-20-22-24-25-26-27-29-31-33-35-37-39-41-43-45-51(55)52-49(48-59-60(56,57)58-47-46-53(3,4)5)50(54)44-42-40-38-36-34-32-30-28-23-21-19-17-15-13-11-9-7-2/h22,24,26-27,31,33-34,36-37,39,49-50,54H,6-21,23,25,28-30,32,35,38,40-48H2,1-5H3,(H-,52,55,56,57)/b24-22+,27-26+,33-31+,36-34+,39-37+/t49-,50+/m0/s1. The molecular formula is C51H95N2O6P. The van der Waals surface area contributed by atoms with Gasteiger partial charge in [-0.25, -0.2) is 0 Å². The van der Waals surface area contributed by atoms with Gasteiger partial charge in [-0.05, 0) is 77.0 Å². The van der Waals surface area contributed by atoms with Gasteiger partial charge in [-0.15, -0.1) is 0 Å². The molecule has 0 aromatic carbocycles. The van der Waals surface area contributed by atoms with Gasteiger partial charge in [0, 0.05) is 6.42 Å². The summed E-state index contributed by atoms with van der Waals surface area (Å²) in [5, 5.41) is 13.9. The molecule has 0 radical (unpaired) electrons. The van der Waals surface area contributed by atoms with E-state index >= 15 is 0 Å². The molecule has 1 unspecified atom stereocenters. The first-order chi connectivity index (χ1) is 29.0. The van der Waals surface area contributed by atoms with Crippen molar-refractivity contribution in [2.45, 2.75) is 219 Å². The molecule has 0 bridgehead atoms. The Labute approximate surface area is 371 Å². The van der Waals surface area contributed by atoms with E-state index in [2.05, 4.69) is 79.9 Å². The Kier molecular flexibility index (Phi) is 41.2. The highest BCUT2D eigenvalue weighted by atomic mass is 31.2. The largest absolute Gasteiger partial charge is 0.756 e. The van der Waals surface area contributed by atoms with E-state index in [4.69, 9.17) is 9.05 Å². The molecule has 0 aromatic heterocycles. The number of carbonyl (C=O) groups excluding carboxylic acids is 1. The van der Waals surface area contributed by atoms with Crippen LogP contribution in [0.15, 0.2) is 60.8 Å². The maximum absolute atomic E-state index is 12.9. The van der Waals surface area contributed by atoms with Gasteiger partial charge in [0.05, 0.1) is 39.9 Å². The van der Waals surface area contributed by atoms with Gasteiger partial charge in [-0.1, -0.05) is 184 Å². The predicted molar refractivity (Wildman–Crippen MR) is 256 cm³/mol. The lowest BCUT2D eigenvalue weighted by Crippen LogP contribution is -2.46. The lowest BCUT2D eigenvalue weighted by Gasteiger charge is -2.30. The Balaban J connectivity index is 4.45. The number of phosphoric ester groups is 1. The van der Waals surface area contributed by atoms with Crippen molar-refractivity contribution in [2.24, 2.45) is 0 Å². The number of unbranched alkanes of at least 4 members (excludes halogenated alkanes) is 21. The Morgan fingerprint density at radius 1 is 0.583 bits per heavy atom. The molecule has 60 heavy (non-hydrogen) atoms. The molecule has 0 fully saturated rings. The van der Waals surface area contributed by atoms with Gasteiger partial charge in [-0.2, -0.15) is 0 Å². The Morgan fingerprint density at radius 3 is 1.42 bits per heavy atom. The minimum absolute atomic E-state index is 0.00568. The molecular weight excluding hydrogens is 768 g/mol. The second kappa shape index (κ2) is 42.5. The quantitative estimate of drug-likeness (QED) is 0.0273. The number of hydrogen-bond donors (Lipinski definition) is 2. The van der Waals surface area contributed by atoms with Crippen molar-refractivity contribution in [3.05, 3.63) is 60.8 Å². The summed E-state index contributed by atoms with van der Waals surface area (Å²) in [4.78, 5) is 25.4. The molecule has 0 aliphatic carbocycles. The smallest absolute Gasteiger partial charge is 0.268 e. The second-order valence-electron chi connectivity index (χ2n) is 17.8. The van der Waals surface area contributed by atoms with E-state index in [0.29, 0.717) is 23.9 Å². The van der Waals surface area contributed by atoms with Gasteiger partial charge in [-0.3, -0.25) is 9.36 Å². The fourth-order valence-corrected chi connectivity index (χ4v) is 7.51. The zero-order valence-electron chi connectivity index (χ0n) is 39.6. The monoisotopic (exact) mass is 863 g/mol. The molecule has 0 rings (SSSR count). The van der Waals surface area contributed by atoms with Crippen LogP contribution in [-0.4, -0.2) is 68.5 Å². The van der Waals surface area contributed by atoms with Crippen molar-refractivity contribution in [1.82, 2.24) is 5.32 Å². The molecule has 1 amide bonds. The van der Waals surface area contributed by atoms with Crippen molar-refractivity contribution < 1.29 is 32.9 Å². The van der Waals surface area contributed by atoms with Crippen molar-refractivity contribution >= 4 is 13.7 Å². The molecule has 0 saturated carbocycles. The highest BCUT2D eigenvalue weighted by molar-refractivity contribution is 7.45. The summed E-state index contributed by atoms with van der Waals surface area (Å²) in [7, 11) is 1.25. The van der Waals surface area contributed by atoms with Crippen LogP contribution in [0.2, 0.25) is 0 Å². The zero-order valence-corrected chi connectivity index (χ0v) is 40.5. The molecule has 3 atom stereocenters. The third-order valence-corrected chi connectivity index (χ3v) is 11.7. The molecule has 0 saturated heterocycles. The van der Waals surface area contributed by atoms with E-state index < -0.39 is 20.0 Å². The second-order valence-corrected chi connectivity index (χ2v) is 19.2. The number of phosphoric acid groups is 1. The maximum Gasteiger partial charge on any atom is 0.268 e. The predicted octanol–water partition coefficient (Wildman–Crippen LogP) is 13.6. The number of nitrogens with one attached hydrogen (secondary N) is 1. The maximum atomic E-state index is 12.9. The number of aliphatic hydroxyl groups is 1. The molecule has 0 aliphatic heterocycles. The minimum Gasteiger partial charge on any atom is -0.756 e. The molecule has 350 valence electrons. The molecule has 0 aromatic rings. The van der Waals surface area contributed by atoms with Crippen LogP contribution in [0.25, 0.3) is 0 Å². The van der Waals surface area contributed by atoms with Crippen LogP contribution in [0.4, 0.5) is 0 Å². The summed E-state index contributed by atoms with van der Waals surface area (Å²) >= 11 is 0. The number of hydrogen-bond acceptors (Lipinski definition) is 6. The van der Waals surface area contributed by atoms with Crippen LogP contribution in [0, 0.1) is 0 Å². The topological polar surface area (TPSA) is 108 Å². The lowest BCUT2D eigenvalue weighted by atomic mass is 10.0. The van der Waals surface area contributed by atoms with Gasteiger partial charge < -0.3 is 28.8 Å². The fraction of sp³-hybridized carbons (Fsp3) is 0.784. The summed E-state index contributed by atoms with van der Waals surface area (Å²) in [5.74, 6) is -0.229. The van der Waals surface area contributed by atoms with Crippen molar-refractivity contribution in [2.75, 3.05) is 40.9 Å². The minimum atomic E-state index is -4.59. The summed E-state index contributed by atoms with van der Waals surface area (Å²) in [6.07, 6.45) is 55.3. The lowest BCUT2D eigenvalue weighted by molar-refractivity contribution is -0.870. The van der Waals surface area contributed by atoms with E-state index in [-0.39, 0.29) is 25.5 Å². The highest BCUT2D eigenvalue weighted by Gasteiger charge is 2.24. The Hall–Kier alpha value is -1.80. The number of likely N-dealkylation sites (N-methyl/N-ethyl adjacent to an activating group) is 1. The number of quaternary nitrogens is 1. The van der Waals surface area contributed by atoms with Crippen molar-refractivity contribution in [3.8, 4) is 0 Å². The van der Waals surface area contributed by atoms with Crippen LogP contribution >= 0.6 is 7.82 Å². The van der Waals surface area contributed by atoms with E-state index in [0.717, 1.165) is 51.4 Å². The highest BCUT2D eigenvalue weighted by Crippen LogP contribution is 2.38. The third kappa shape index (κ3) is 44.3. The average molecular weight is 863 g/mol. The average Bonchev–Trinajstić information content (AvgIpc) is 3.20. The van der Waals surface area contributed by atoms with Gasteiger partial charge in [0.1, 0.15) is 13.2 Å². The molecule has 0 heterocycles. The molecule has 2 N–H and O–H groups in total. The Morgan fingerprint density at radius 2 is 0.967 bits per heavy atom. The number of carbonyl (C=O) groups is 1. The van der Waals surface area contributed by atoms with Crippen molar-refractivity contribution in [3.63, 3.8) is 0 Å². The number of rotatable bonds is 44. The summed E-state index contributed by atoms with van der Waals surface area (Å²) in [6, 6.07) is -0.848. The van der Waals surface area contributed by atoms with Crippen LogP contribution in [-0.2, 0) is 18.4 Å². The van der Waals surface area contributed by atoms with E-state index in [9.17, 15) is 19.4 Å². The number of amides is 1. The number of aliphatic hydroxyl groups excluding tert-OH is 1. The molecule has 0 spiro atoms. The first kappa shape index (κ1) is 58.2. The van der Waals surface area contributed by atoms with Crippen LogP contribution in [0.3, 0.4) is 0 Å². The van der Waals surface area contributed by atoms with Gasteiger partial charge in [0.15, 0.2) is 0 Å². The van der Waals surface area contributed by atoms with E-state index in [1.54, 1.807) is 0 Å². The zero-order chi connectivity index (χ0) is 44.3. The molecule has 0 aliphatic rings. The third-order valence-electron chi connectivity index (χ3n) is 10.7.